The summed E-state index contributed by atoms with van der Waals surface area (Å²) in [5.74, 6) is 0.129. The second-order valence-electron chi connectivity index (χ2n) is 6.37. The highest BCUT2D eigenvalue weighted by Gasteiger charge is 2.27. The normalized spacial score (nSPS) is 18.5. The molecule has 0 spiro atoms. The van der Waals surface area contributed by atoms with E-state index in [-0.39, 0.29) is 36.7 Å². The van der Waals surface area contributed by atoms with Crippen molar-refractivity contribution in [2.24, 2.45) is 5.92 Å². The molecule has 146 valence electrons. The van der Waals surface area contributed by atoms with Crippen LogP contribution < -0.4 is 4.74 Å². The zero-order valence-corrected chi connectivity index (χ0v) is 16.2. The molecule has 1 aromatic rings. The van der Waals surface area contributed by atoms with E-state index in [1.807, 2.05) is 0 Å². The minimum absolute atomic E-state index is 0. The second kappa shape index (κ2) is 11.2. The van der Waals surface area contributed by atoms with Gasteiger partial charge in [0.15, 0.2) is 5.78 Å². The largest absolute Gasteiger partial charge is 0.490 e. The van der Waals surface area contributed by atoms with Crippen molar-refractivity contribution in [2.75, 3.05) is 32.8 Å². The van der Waals surface area contributed by atoms with Gasteiger partial charge in [-0.25, -0.2) is 0 Å². The maximum absolute atomic E-state index is 11.9. The lowest BCUT2D eigenvalue weighted by atomic mass is 9.98. The van der Waals surface area contributed by atoms with Crippen molar-refractivity contribution in [3.63, 3.8) is 0 Å². The van der Waals surface area contributed by atoms with Crippen LogP contribution in [0.5, 0.6) is 5.75 Å². The molecule has 1 heterocycles. The summed E-state index contributed by atoms with van der Waals surface area (Å²) >= 11 is 0. The topological polar surface area (TPSA) is 76.1 Å². The van der Waals surface area contributed by atoms with Crippen molar-refractivity contribution in [1.82, 2.24) is 4.90 Å². The summed E-state index contributed by atoms with van der Waals surface area (Å²) in [6.07, 6.45) is 1.04. The molecule has 1 fully saturated rings. The number of nitrogens with zero attached hydrogens (tertiary/aromatic N) is 1. The van der Waals surface area contributed by atoms with Gasteiger partial charge in [-0.2, -0.15) is 0 Å². The van der Waals surface area contributed by atoms with E-state index in [9.17, 15) is 14.7 Å². The Labute approximate surface area is 160 Å². The molecule has 2 rings (SSSR count). The number of β-amino-alcohol motifs (C(OH)–C–C–N with tert-alkyl or cyclic N) is 1. The predicted molar refractivity (Wildman–Crippen MR) is 101 cm³/mol. The molecule has 0 aromatic heterocycles. The minimum atomic E-state index is -0.694. The van der Waals surface area contributed by atoms with Crippen molar-refractivity contribution >= 4 is 24.2 Å². The number of halogens is 1. The quantitative estimate of drug-likeness (QED) is 0.546. The zero-order chi connectivity index (χ0) is 18.2. The van der Waals surface area contributed by atoms with Gasteiger partial charge in [0.1, 0.15) is 18.5 Å². The van der Waals surface area contributed by atoms with Gasteiger partial charge in [0.25, 0.3) is 0 Å². The number of Topliss-reactive ketones (excluding diaryl/α,β-unsaturated/α-hetero) is 1. The van der Waals surface area contributed by atoms with E-state index in [4.69, 9.17) is 9.47 Å². The molecule has 1 aliphatic heterocycles. The van der Waals surface area contributed by atoms with Crippen LogP contribution in [0.1, 0.15) is 37.0 Å². The lowest BCUT2D eigenvalue weighted by Gasteiger charge is -2.32. The molecule has 0 radical (unpaired) electrons. The van der Waals surface area contributed by atoms with Crippen LogP contribution in [0.15, 0.2) is 24.3 Å². The van der Waals surface area contributed by atoms with Gasteiger partial charge < -0.3 is 14.6 Å². The van der Waals surface area contributed by atoms with Gasteiger partial charge in [0.05, 0.1) is 18.1 Å². The number of aliphatic hydroxyl groups excluding tert-OH is 1. The fraction of sp³-hybridized carbons (Fsp3) is 0.579. The Bertz CT molecular complexity index is 595. The molecular formula is C19H28ClNO5. The summed E-state index contributed by atoms with van der Waals surface area (Å²) in [6.45, 7) is 5.65. The number of aliphatic hydroxyl groups is 1. The van der Waals surface area contributed by atoms with Gasteiger partial charge in [0, 0.05) is 13.1 Å². The summed E-state index contributed by atoms with van der Waals surface area (Å²) in [5, 5.41) is 10.3. The number of hydrogen-bond donors (Lipinski definition) is 1. The third-order valence-corrected chi connectivity index (χ3v) is 4.29. The summed E-state index contributed by atoms with van der Waals surface area (Å²) in [5.41, 5.74) is 0.509. The van der Waals surface area contributed by atoms with Crippen LogP contribution >= 0.6 is 12.4 Å². The second-order valence-corrected chi connectivity index (χ2v) is 6.37. The van der Waals surface area contributed by atoms with Crippen molar-refractivity contribution in [2.45, 2.75) is 32.8 Å². The zero-order valence-electron chi connectivity index (χ0n) is 15.3. The fourth-order valence-electron chi connectivity index (χ4n) is 3.09. The first-order valence-electron chi connectivity index (χ1n) is 8.81. The molecular weight excluding hydrogens is 358 g/mol. The Balaban J connectivity index is 0.00000338. The fourth-order valence-corrected chi connectivity index (χ4v) is 3.09. The number of piperidine rings is 1. The summed E-state index contributed by atoms with van der Waals surface area (Å²) < 4.78 is 10.7. The highest BCUT2D eigenvalue weighted by atomic mass is 35.5. The van der Waals surface area contributed by atoms with Gasteiger partial charge in [-0.1, -0.05) is 12.1 Å². The number of carbonyl (C=O) groups is 2. The maximum atomic E-state index is 11.9. The molecule has 2 unspecified atom stereocenters. The summed E-state index contributed by atoms with van der Waals surface area (Å²) in [7, 11) is 0. The predicted octanol–water partition coefficient (Wildman–Crippen LogP) is 2.33. The summed E-state index contributed by atoms with van der Waals surface area (Å²) in [4.78, 5) is 25.5. The summed E-state index contributed by atoms with van der Waals surface area (Å²) in [6, 6.07) is 7.01. The van der Waals surface area contributed by atoms with E-state index >= 15 is 0 Å². The number of rotatable bonds is 8. The average molecular weight is 386 g/mol. The van der Waals surface area contributed by atoms with Crippen LogP contribution in [-0.4, -0.2) is 60.7 Å². The molecule has 7 heteroatoms. The highest BCUT2D eigenvalue weighted by molar-refractivity contribution is 5.96. The minimum Gasteiger partial charge on any atom is -0.490 e. The lowest BCUT2D eigenvalue weighted by Crippen LogP contribution is -2.44. The van der Waals surface area contributed by atoms with E-state index in [1.165, 1.54) is 6.92 Å². The first-order valence-corrected chi connectivity index (χ1v) is 8.81. The molecule has 0 aliphatic carbocycles. The maximum Gasteiger partial charge on any atom is 0.310 e. The molecule has 0 bridgehead atoms. The van der Waals surface area contributed by atoms with E-state index in [2.05, 4.69) is 4.90 Å². The number of benzene rings is 1. The molecule has 1 N–H and O–H groups in total. The number of hydrogen-bond acceptors (Lipinski definition) is 6. The first kappa shape index (κ1) is 22.4. The average Bonchev–Trinajstić information content (AvgIpc) is 2.60. The molecule has 1 aromatic carbocycles. The Hall–Kier alpha value is -1.63. The number of ketones is 1. The van der Waals surface area contributed by atoms with Gasteiger partial charge in [-0.3, -0.25) is 14.5 Å². The van der Waals surface area contributed by atoms with Gasteiger partial charge in [-0.05, 0) is 45.4 Å². The van der Waals surface area contributed by atoms with Crippen LogP contribution in [-0.2, 0) is 9.53 Å². The van der Waals surface area contributed by atoms with Crippen LogP contribution in [0.2, 0.25) is 0 Å². The molecule has 2 atom stereocenters. The Kier molecular flexibility index (Phi) is 9.62. The highest BCUT2D eigenvalue weighted by Crippen LogP contribution is 2.20. The molecule has 1 saturated heterocycles. The molecule has 26 heavy (non-hydrogen) atoms. The van der Waals surface area contributed by atoms with Crippen molar-refractivity contribution in [3.05, 3.63) is 29.8 Å². The van der Waals surface area contributed by atoms with Gasteiger partial charge in [0.2, 0.25) is 0 Å². The molecule has 0 saturated carbocycles. The number of likely N-dealkylation sites (tertiary alicyclic amines) is 1. The number of carbonyl (C=O) groups excluding carboxylic acids is 2. The molecule has 1 aliphatic rings. The molecule has 6 nitrogen and oxygen atoms in total. The Morgan fingerprint density at radius 3 is 2.77 bits per heavy atom. The van der Waals surface area contributed by atoms with E-state index < -0.39 is 6.10 Å². The SMILES string of the molecule is CCOC(=O)C1CCCN(CC(O)COc2ccccc2C(C)=O)C1.Cl. The van der Waals surface area contributed by atoms with E-state index in [0.29, 0.717) is 31.0 Å². The van der Waals surface area contributed by atoms with Gasteiger partial charge >= 0.3 is 5.97 Å². The number of esters is 1. The monoisotopic (exact) mass is 385 g/mol. The standard InChI is InChI=1S/C19H27NO5.ClH/c1-3-24-19(23)15-7-6-10-20(11-15)12-16(22)13-25-18-9-5-4-8-17(18)14(2)21;/h4-5,8-9,15-16,22H,3,6-7,10-13H2,1-2H3;1H. The van der Waals surface area contributed by atoms with Crippen LogP contribution in [0.3, 0.4) is 0 Å². The van der Waals surface area contributed by atoms with E-state index in [1.54, 1.807) is 31.2 Å². The van der Waals surface area contributed by atoms with Crippen molar-refractivity contribution < 1.29 is 24.2 Å². The van der Waals surface area contributed by atoms with Crippen LogP contribution in [0.25, 0.3) is 0 Å². The van der Waals surface area contributed by atoms with E-state index in [0.717, 1.165) is 19.4 Å². The Morgan fingerprint density at radius 2 is 2.08 bits per heavy atom. The smallest absolute Gasteiger partial charge is 0.310 e. The van der Waals surface area contributed by atoms with Crippen LogP contribution in [0, 0.1) is 5.92 Å². The lowest BCUT2D eigenvalue weighted by molar-refractivity contribution is -0.150. The number of para-hydroxylation sites is 1. The van der Waals surface area contributed by atoms with Crippen molar-refractivity contribution in [3.8, 4) is 5.75 Å². The van der Waals surface area contributed by atoms with Crippen LogP contribution in [0.4, 0.5) is 0 Å². The third kappa shape index (κ3) is 6.59. The number of ether oxygens (including phenoxy) is 2. The van der Waals surface area contributed by atoms with Crippen molar-refractivity contribution in [1.29, 1.82) is 0 Å². The Morgan fingerprint density at radius 1 is 1.35 bits per heavy atom. The third-order valence-electron chi connectivity index (χ3n) is 4.29. The molecule has 0 amide bonds. The van der Waals surface area contributed by atoms with Gasteiger partial charge in [-0.15, -0.1) is 12.4 Å². The first-order chi connectivity index (χ1) is 12.0.